The normalized spacial score (nSPS) is 17.7. The van der Waals surface area contributed by atoms with Gasteiger partial charge < -0.3 is 15.1 Å². The highest BCUT2D eigenvalue weighted by atomic mass is 19.1. The Bertz CT molecular complexity index is 1220. The zero-order chi connectivity index (χ0) is 24.4. The predicted molar refractivity (Wildman–Crippen MR) is 133 cm³/mol. The summed E-state index contributed by atoms with van der Waals surface area (Å²) >= 11 is 0. The number of hydrogen-bond acceptors (Lipinski definition) is 4. The van der Waals surface area contributed by atoms with Gasteiger partial charge in [-0.25, -0.2) is 4.39 Å². The average molecular weight is 473 g/mol. The summed E-state index contributed by atoms with van der Waals surface area (Å²) in [6, 6.07) is 15.7. The van der Waals surface area contributed by atoms with Crippen LogP contribution in [-0.2, 0) is 6.42 Å². The van der Waals surface area contributed by atoms with Gasteiger partial charge in [0.25, 0.3) is 11.8 Å². The van der Waals surface area contributed by atoms with E-state index in [1.165, 1.54) is 12.1 Å². The van der Waals surface area contributed by atoms with Crippen LogP contribution in [0.4, 0.5) is 10.1 Å². The summed E-state index contributed by atoms with van der Waals surface area (Å²) in [6.07, 6.45) is 6.95. The first kappa shape index (κ1) is 23.0. The lowest BCUT2D eigenvalue weighted by Gasteiger charge is -2.38. The molecule has 2 heterocycles. The first-order valence-electron chi connectivity index (χ1n) is 12.1. The van der Waals surface area contributed by atoms with Gasteiger partial charge in [0, 0.05) is 49.8 Å². The summed E-state index contributed by atoms with van der Waals surface area (Å²) in [6.45, 7) is 1.78. The second-order valence-corrected chi connectivity index (χ2v) is 9.30. The highest BCUT2D eigenvalue weighted by molar-refractivity contribution is 5.96. The van der Waals surface area contributed by atoms with E-state index >= 15 is 0 Å². The van der Waals surface area contributed by atoms with Gasteiger partial charge in [0.2, 0.25) is 0 Å². The van der Waals surface area contributed by atoms with E-state index in [1.54, 1.807) is 24.5 Å². The molecule has 0 unspecified atom stereocenters. The molecule has 1 saturated heterocycles. The van der Waals surface area contributed by atoms with Gasteiger partial charge in [0.1, 0.15) is 5.82 Å². The number of pyridine rings is 1. The number of rotatable bonds is 5. The summed E-state index contributed by atoms with van der Waals surface area (Å²) in [4.78, 5) is 34.3. The molecule has 5 rings (SSSR count). The molecule has 2 amide bonds. The highest BCUT2D eigenvalue weighted by Crippen LogP contribution is 2.33. The second-order valence-electron chi connectivity index (χ2n) is 9.30. The van der Waals surface area contributed by atoms with E-state index < -0.39 is 11.7 Å². The van der Waals surface area contributed by atoms with E-state index in [0.29, 0.717) is 5.56 Å². The minimum Gasteiger partial charge on any atom is -0.371 e. The Morgan fingerprint density at radius 1 is 1.03 bits per heavy atom. The van der Waals surface area contributed by atoms with Gasteiger partial charge in [-0.1, -0.05) is 18.2 Å². The number of carbonyl (C=O) groups excluding carboxylic acids is 2. The molecule has 3 aromatic rings. The van der Waals surface area contributed by atoms with E-state index in [2.05, 4.69) is 15.2 Å². The van der Waals surface area contributed by atoms with Crippen LogP contribution < -0.4 is 10.2 Å². The zero-order valence-electron chi connectivity index (χ0n) is 19.8. The summed E-state index contributed by atoms with van der Waals surface area (Å²) in [5.41, 5.74) is 3.88. The second kappa shape index (κ2) is 9.86. The molecule has 2 aliphatic rings. The van der Waals surface area contributed by atoms with Gasteiger partial charge >= 0.3 is 0 Å². The van der Waals surface area contributed by atoms with Gasteiger partial charge in [0.05, 0.1) is 11.6 Å². The van der Waals surface area contributed by atoms with E-state index in [-0.39, 0.29) is 23.6 Å². The van der Waals surface area contributed by atoms with Gasteiger partial charge in [-0.3, -0.25) is 14.6 Å². The van der Waals surface area contributed by atoms with Crippen molar-refractivity contribution in [3.05, 3.63) is 95.1 Å². The SMILES string of the molecule is CN(C(=O)c1ccc2c(c1)[C@H](NC(=O)c1ccccc1F)CC2)C1CCN(c2ccncc2)CC1. The van der Waals surface area contributed by atoms with Crippen molar-refractivity contribution in [3.8, 4) is 0 Å². The number of aryl methyl sites for hydroxylation is 1. The molecule has 1 aliphatic heterocycles. The molecule has 180 valence electrons. The van der Waals surface area contributed by atoms with Crippen LogP contribution >= 0.6 is 0 Å². The molecule has 0 spiro atoms. The van der Waals surface area contributed by atoms with Crippen molar-refractivity contribution >= 4 is 17.5 Å². The van der Waals surface area contributed by atoms with E-state index in [9.17, 15) is 14.0 Å². The summed E-state index contributed by atoms with van der Waals surface area (Å²) in [5, 5.41) is 2.96. The fourth-order valence-electron chi connectivity index (χ4n) is 5.20. The number of fused-ring (bicyclic) bond motifs is 1. The summed E-state index contributed by atoms with van der Waals surface area (Å²) < 4.78 is 14.0. The maximum absolute atomic E-state index is 14.0. The van der Waals surface area contributed by atoms with Crippen LogP contribution in [0.2, 0.25) is 0 Å². The Labute approximate surface area is 204 Å². The molecular formula is C28H29FN4O2. The van der Waals surface area contributed by atoms with E-state index in [0.717, 1.165) is 55.6 Å². The Morgan fingerprint density at radius 2 is 1.77 bits per heavy atom. The van der Waals surface area contributed by atoms with Gasteiger partial charge in [-0.15, -0.1) is 0 Å². The van der Waals surface area contributed by atoms with Gasteiger partial charge in [0.15, 0.2) is 0 Å². The van der Waals surface area contributed by atoms with Crippen LogP contribution in [0.15, 0.2) is 67.0 Å². The molecule has 1 atom stereocenters. The quantitative estimate of drug-likeness (QED) is 0.599. The molecule has 35 heavy (non-hydrogen) atoms. The molecule has 6 nitrogen and oxygen atoms in total. The molecule has 7 heteroatoms. The molecule has 0 bridgehead atoms. The number of aromatic nitrogens is 1. The smallest absolute Gasteiger partial charge is 0.254 e. The fourth-order valence-corrected chi connectivity index (χ4v) is 5.20. The number of amides is 2. The third-order valence-electron chi connectivity index (χ3n) is 7.25. The predicted octanol–water partition coefficient (Wildman–Crippen LogP) is 4.38. The van der Waals surface area contributed by atoms with Crippen molar-refractivity contribution in [2.24, 2.45) is 0 Å². The van der Waals surface area contributed by atoms with Gasteiger partial charge in [-0.05, 0) is 73.2 Å². The Hall–Kier alpha value is -3.74. The van der Waals surface area contributed by atoms with Crippen LogP contribution in [-0.4, -0.2) is 47.9 Å². The Balaban J connectivity index is 1.25. The largest absolute Gasteiger partial charge is 0.371 e. The number of hydrogen-bond donors (Lipinski definition) is 1. The van der Waals surface area contributed by atoms with Crippen LogP contribution in [0, 0.1) is 5.82 Å². The lowest BCUT2D eigenvalue weighted by Crippen LogP contribution is -2.45. The van der Waals surface area contributed by atoms with Crippen molar-refractivity contribution in [3.63, 3.8) is 0 Å². The van der Waals surface area contributed by atoms with E-state index in [1.807, 2.05) is 42.3 Å². The first-order chi connectivity index (χ1) is 17.0. The minimum atomic E-state index is -0.538. The standard InChI is InChI=1S/C28H29FN4O2/c1-32(21-12-16-33(17-13-21)22-10-14-30-15-11-22)28(35)20-7-6-19-8-9-26(24(19)18-20)31-27(34)23-4-2-3-5-25(23)29/h2-7,10-11,14-15,18,21,26H,8-9,12-13,16-17H2,1H3,(H,31,34)/t26-/m1/s1. The van der Waals surface area contributed by atoms with Crippen LogP contribution in [0.5, 0.6) is 0 Å². The van der Waals surface area contributed by atoms with Crippen LogP contribution in [0.1, 0.15) is 57.1 Å². The van der Waals surface area contributed by atoms with Crippen LogP contribution in [0.25, 0.3) is 0 Å². The van der Waals surface area contributed by atoms with Crippen molar-refractivity contribution < 1.29 is 14.0 Å². The molecule has 2 aromatic carbocycles. The number of carbonyl (C=O) groups is 2. The van der Waals surface area contributed by atoms with Crippen molar-refractivity contribution in [1.82, 2.24) is 15.2 Å². The summed E-state index contributed by atoms with van der Waals surface area (Å²) in [7, 11) is 1.87. The van der Waals surface area contributed by atoms with Crippen molar-refractivity contribution in [2.75, 3.05) is 25.0 Å². The Kier molecular flexibility index (Phi) is 6.49. The molecule has 1 fully saturated rings. The molecule has 1 N–H and O–H groups in total. The zero-order valence-corrected chi connectivity index (χ0v) is 19.8. The monoisotopic (exact) mass is 472 g/mol. The molecular weight excluding hydrogens is 443 g/mol. The number of nitrogens with zero attached hydrogens (tertiary/aromatic N) is 3. The number of benzene rings is 2. The topological polar surface area (TPSA) is 65.5 Å². The minimum absolute atomic E-state index is 0.0127. The van der Waals surface area contributed by atoms with Gasteiger partial charge in [-0.2, -0.15) is 0 Å². The molecule has 0 saturated carbocycles. The Morgan fingerprint density at radius 3 is 2.51 bits per heavy atom. The third kappa shape index (κ3) is 4.76. The number of nitrogens with one attached hydrogen (secondary N) is 1. The van der Waals surface area contributed by atoms with Crippen molar-refractivity contribution in [1.29, 1.82) is 0 Å². The fraction of sp³-hybridized carbons (Fsp3) is 0.321. The molecule has 0 radical (unpaired) electrons. The summed E-state index contributed by atoms with van der Waals surface area (Å²) in [5.74, 6) is -0.985. The average Bonchev–Trinajstić information content (AvgIpc) is 3.30. The highest BCUT2D eigenvalue weighted by Gasteiger charge is 2.29. The first-order valence-corrected chi connectivity index (χ1v) is 12.1. The third-order valence-corrected chi connectivity index (χ3v) is 7.25. The van der Waals surface area contributed by atoms with Crippen LogP contribution in [0.3, 0.4) is 0 Å². The maximum Gasteiger partial charge on any atom is 0.254 e. The lowest BCUT2D eigenvalue weighted by atomic mass is 10.00. The van der Waals surface area contributed by atoms with Crippen molar-refractivity contribution in [2.45, 2.75) is 37.8 Å². The van der Waals surface area contributed by atoms with E-state index in [4.69, 9.17) is 0 Å². The molecule has 1 aliphatic carbocycles. The number of piperidine rings is 1. The number of halogens is 1. The number of anilines is 1. The lowest BCUT2D eigenvalue weighted by molar-refractivity contribution is 0.0709. The molecule has 1 aromatic heterocycles. The maximum atomic E-state index is 14.0.